The lowest BCUT2D eigenvalue weighted by Gasteiger charge is -2.31. The molecule has 2 N–H and O–H groups in total. The van der Waals surface area contributed by atoms with Crippen LogP contribution in [0.4, 0.5) is 4.39 Å². The van der Waals surface area contributed by atoms with Crippen molar-refractivity contribution in [3.8, 4) is 11.5 Å². The maximum atomic E-state index is 13.7. The Morgan fingerprint density at radius 1 is 1.15 bits per heavy atom. The van der Waals surface area contributed by atoms with E-state index in [1.807, 2.05) is 26.8 Å². The molecule has 1 amide bonds. The van der Waals surface area contributed by atoms with Crippen molar-refractivity contribution in [1.82, 2.24) is 5.32 Å². The molecular weight excluding hydrogens is 333 g/mol. The van der Waals surface area contributed by atoms with Gasteiger partial charge in [0.1, 0.15) is 12.4 Å². The summed E-state index contributed by atoms with van der Waals surface area (Å²) in [6.45, 7) is 6.15. The van der Waals surface area contributed by atoms with Crippen LogP contribution >= 0.6 is 0 Å². The Morgan fingerprint density at radius 3 is 2.46 bits per heavy atom. The van der Waals surface area contributed by atoms with E-state index < -0.39 is 5.82 Å². The summed E-state index contributed by atoms with van der Waals surface area (Å²) < 4.78 is 19.3. The summed E-state index contributed by atoms with van der Waals surface area (Å²) in [7, 11) is 0. The third-order valence-corrected chi connectivity index (χ3v) is 4.24. The molecule has 0 saturated carbocycles. The summed E-state index contributed by atoms with van der Waals surface area (Å²) >= 11 is 0. The van der Waals surface area contributed by atoms with Gasteiger partial charge in [-0.15, -0.1) is 0 Å². The normalized spacial score (nSPS) is 12.5. The quantitative estimate of drug-likeness (QED) is 0.783. The molecule has 140 valence electrons. The number of benzene rings is 2. The number of aromatic hydroxyl groups is 1. The molecule has 2 aromatic rings. The standard InChI is InChI=1S/C21H26FNO3/c1-21(2,3)19(14-26-18-11-7-5-9-16(18)22)23-20(25)13-12-15-8-4-6-10-17(15)24/h4-11,19,24H,12-14H2,1-3H3,(H,23,25). The number of carbonyl (C=O) groups excluding carboxylic acids is 1. The van der Waals surface area contributed by atoms with Gasteiger partial charge in [-0.1, -0.05) is 51.1 Å². The Bertz CT molecular complexity index is 740. The summed E-state index contributed by atoms with van der Waals surface area (Å²) in [4.78, 5) is 12.3. The topological polar surface area (TPSA) is 58.6 Å². The summed E-state index contributed by atoms with van der Waals surface area (Å²) in [5, 5.41) is 12.8. The maximum absolute atomic E-state index is 13.7. The van der Waals surface area contributed by atoms with Gasteiger partial charge in [-0.05, 0) is 35.6 Å². The van der Waals surface area contributed by atoms with E-state index in [1.54, 1.807) is 36.4 Å². The number of phenols is 1. The number of nitrogens with one attached hydrogen (secondary N) is 1. The van der Waals surface area contributed by atoms with E-state index in [2.05, 4.69) is 5.32 Å². The molecule has 5 heteroatoms. The van der Waals surface area contributed by atoms with Crippen LogP contribution in [0.15, 0.2) is 48.5 Å². The van der Waals surface area contributed by atoms with Gasteiger partial charge in [0.2, 0.25) is 5.91 Å². The summed E-state index contributed by atoms with van der Waals surface area (Å²) in [5.41, 5.74) is 0.480. The molecule has 26 heavy (non-hydrogen) atoms. The fourth-order valence-electron chi connectivity index (χ4n) is 2.48. The van der Waals surface area contributed by atoms with Gasteiger partial charge < -0.3 is 15.2 Å². The van der Waals surface area contributed by atoms with Crippen LogP contribution in [0.25, 0.3) is 0 Å². The van der Waals surface area contributed by atoms with E-state index in [1.165, 1.54) is 6.07 Å². The predicted molar refractivity (Wildman–Crippen MR) is 99.7 cm³/mol. The van der Waals surface area contributed by atoms with Crippen LogP contribution in [-0.2, 0) is 11.2 Å². The predicted octanol–water partition coefficient (Wildman–Crippen LogP) is 4.07. The lowest BCUT2D eigenvalue weighted by molar-refractivity contribution is -0.122. The van der Waals surface area contributed by atoms with Gasteiger partial charge in [0, 0.05) is 6.42 Å². The fourth-order valence-corrected chi connectivity index (χ4v) is 2.48. The zero-order valence-electron chi connectivity index (χ0n) is 15.5. The van der Waals surface area contributed by atoms with Crippen LogP contribution in [0.5, 0.6) is 11.5 Å². The molecule has 4 nitrogen and oxygen atoms in total. The first-order chi connectivity index (χ1) is 12.3. The highest BCUT2D eigenvalue weighted by Gasteiger charge is 2.27. The highest BCUT2D eigenvalue weighted by Crippen LogP contribution is 2.23. The first-order valence-electron chi connectivity index (χ1n) is 8.71. The van der Waals surface area contributed by atoms with E-state index in [0.29, 0.717) is 6.42 Å². The smallest absolute Gasteiger partial charge is 0.220 e. The second-order valence-corrected chi connectivity index (χ2v) is 7.36. The molecule has 1 atom stereocenters. The molecule has 0 spiro atoms. The minimum absolute atomic E-state index is 0.134. The van der Waals surface area contributed by atoms with E-state index in [9.17, 15) is 14.3 Å². The minimum Gasteiger partial charge on any atom is -0.508 e. The van der Waals surface area contributed by atoms with Gasteiger partial charge in [0.25, 0.3) is 0 Å². The summed E-state index contributed by atoms with van der Waals surface area (Å²) in [6, 6.07) is 12.9. The molecule has 0 radical (unpaired) electrons. The molecule has 0 saturated heterocycles. The number of aryl methyl sites for hydroxylation is 1. The number of ether oxygens (including phenoxy) is 1. The van der Waals surface area contributed by atoms with Crippen molar-refractivity contribution < 1.29 is 19.0 Å². The van der Waals surface area contributed by atoms with Crippen LogP contribution in [0.1, 0.15) is 32.8 Å². The zero-order valence-corrected chi connectivity index (χ0v) is 15.5. The van der Waals surface area contributed by atoms with Crippen LogP contribution in [0.2, 0.25) is 0 Å². The first-order valence-corrected chi connectivity index (χ1v) is 8.71. The fraction of sp³-hybridized carbons (Fsp3) is 0.381. The molecule has 0 aliphatic heterocycles. The molecular formula is C21H26FNO3. The Kier molecular flexibility index (Phi) is 6.61. The van der Waals surface area contributed by atoms with Crippen LogP contribution in [-0.4, -0.2) is 23.7 Å². The SMILES string of the molecule is CC(C)(C)C(COc1ccccc1F)NC(=O)CCc1ccccc1O. The van der Waals surface area contributed by atoms with Crippen molar-refractivity contribution in [2.75, 3.05) is 6.61 Å². The Labute approximate surface area is 154 Å². The molecule has 2 aromatic carbocycles. The van der Waals surface area contributed by atoms with Gasteiger partial charge >= 0.3 is 0 Å². The van der Waals surface area contributed by atoms with Crippen molar-refractivity contribution >= 4 is 5.91 Å². The molecule has 0 aliphatic rings. The molecule has 0 bridgehead atoms. The van der Waals surface area contributed by atoms with Crippen molar-refractivity contribution in [1.29, 1.82) is 0 Å². The third kappa shape index (κ3) is 5.76. The second-order valence-electron chi connectivity index (χ2n) is 7.36. The van der Waals surface area contributed by atoms with E-state index in [-0.39, 0.29) is 41.9 Å². The first kappa shape index (κ1) is 19.8. The van der Waals surface area contributed by atoms with Gasteiger partial charge in [0.15, 0.2) is 11.6 Å². The number of phenolic OH excluding ortho intramolecular Hbond substituents is 1. The van der Waals surface area contributed by atoms with E-state index >= 15 is 0 Å². The number of rotatable bonds is 7. The number of amides is 1. The van der Waals surface area contributed by atoms with E-state index in [4.69, 9.17) is 4.74 Å². The van der Waals surface area contributed by atoms with Crippen molar-refractivity contribution in [3.05, 3.63) is 59.9 Å². The number of halogens is 1. The Hall–Kier alpha value is -2.56. The minimum atomic E-state index is -0.425. The van der Waals surface area contributed by atoms with Crippen molar-refractivity contribution in [3.63, 3.8) is 0 Å². The van der Waals surface area contributed by atoms with Gasteiger partial charge in [-0.2, -0.15) is 0 Å². The zero-order chi connectivity index (χ0) is 19.2. The number of carbonyl (C=O) groups is 1. The molecule has 0 aromatic heterocycles. The van der Waals surface area contributed by atoms with Crippen LogP contribution < -0.4 is 10.1 Å². The largest absolute Gasteiger partial charge is 0.508 e. The molecule has 0 aliphatic carbocycles. The highest BCUT2D eigenvalue weighted by molar-refractivity contribution is 5.76. The molecule has 0 fully saturated rings. The average molecular weight is 359 g/mol. The van der Waals surface area contributed by atoms with Gasteiger partial charge in [-0.25, -0.2) is 4.39 Å². The third-order valence-electron chi connectivity index (χ3n) is 4.24. The average Bonchev–Trinajstić information content (AvgIpc) is 2.58. The van der Waals surface area contributed by atoms with Crippen LogP contribution in [0, 0.1) is 11.2 Å². The van der Waals surface area contributed by atoms with Crippen LogP contribution in [0.3, 0.4) is 0 Å². The Morgan fingerprint density at radius 2 is 1.81 bits per heavy atom. The van der Waals surface area contributed by atoms with Crippen molar-refractivity contribution in [2.45, 2.75) is 39.7 Å². The van der Waals surface area contributed by atoms with Gasteiger partial charge in [-0.3, -0.25) is 4.79 Å². The lowest BCUT2D eigenvalue weighted by Crippen LogP contribution is -2.47. The van der Waals surface area contributed by atoms with Crippen molar-refractivity contribution in [2.24, 2.45) is 5.41 Å². The monoisotopic (exact) mass is 359 g/mol. The second kappa shape index (κ2) is 8.70. The summed E-state index contributed by atoms with van der Waals surface area (Å²) in [5.74, 6) is -0.197. The molecule has 1 unspecified atom stereocenters. The lowest BCUT2D eigenvalue weighted by atomic mass is 9.87. The number of hydrogen-bond donors (Lipinski definition) is 2. The Balaban J connectivity index is 1.93. The number of hydrogen-bond acceptors (Lipinski definition) is 3. The highest BCUT2D eigenvalue weighted by atomic mass is 19.1. The summed E-state index contributed by atoms with van der Waals surface area (Å²) in [6.07, 6.45) is 0.702. The molecule has 2 rings (SSSR count). The van der Waals surface area contributed by atoms with E-state index in [0.717, 1.165) is 5.56 Å². The maximum Gasteiger partial charge on any atom is 0.220 e. The molecule has 0 heterocycles. The number of para-hydroxylation sites is 2. The van der Waals surface area contributed by atoms with Gasteiger partial charge in [0.05, 0.1) is 6.04 Å².